The Labute approximate surface area is 414 Å². The van der Waals surface area contributed by atoms with E-state index >= 15 is 4.79 Å². The molecule has 0 aromatic heterocycles. The number of aliphatic hydroxyl groups is 1. The number of carbonyl (C=O) groups excluding carboxylic acids is 7. The number of Topliss-reactive ketones (excluding diaryl/α,β-unsaturated/α-hetero) is 1. The molecule has 2 amide bonds. The third-order valence-corrected chi connectivity index (χ3v) is 21.0. The molecule has 2 saturated carbocycles. The van der Waals surface area contributed by atoms with E-state index in [2.05, 4.69) is 0 Å². The molecule has 8 rings (SSSR count). The first-order valence-electron chi connectivity index (χ1n) is 24.4. The summed E-state index contributed by atoms with van der Waals surface area (Å²) in [4.78, 5) is 102. The number of esters is 4. The van der Waals surface area contributed by atoms with Crippen LogP contribution in [0.5, 0.6) is 0 Å². The van der Waals surface area contributed by atoms with E-state index in [0.29, 0.717) is 23.7 Å². The van der Waals surface area contributed by atoms with Crippen molar-refractivity contribution >= 4 is 50.0 Å². The van der Waals surface area contributed by atoms with Gasteiger partial charge < -0.3 is 38.0 Å². The number of imide groups is 1. The molecule has 4 fully saturated rings. The molecule has 0 unspecified atom stereocenters. The fourth-order valence-corrected chi connectivity index (χ4v) is 15.2. The topological polar surface area (TPSA) is 208 Å². The van der Waals surface area contributed by atoms with Gasteiger partial charge in [-0.3, -0.25) is 19.2 Å². The Bertz CT molecular complexity index is 2610. The summed E-state index contributed by atoms with van der Waals surface area (Å²) in [5.74, 6) is -6.39. The molecule has 16 nitrogen and oxygen atoms in total. The molecular weight excluding hydrogens is 931 g/mol. The van der Waals surface area contributed by atoms with Crippen molar-refractivity contribution < 1.29 is 71.5 Å². The lowest BCUT2D eigenvalue weighted by Gasteiger charge is -2.68. The highest BCUT2D eigenvalue weighted by atomic mass is 28.4. The largest absolute Gasteiger partial charge is 0.455 e. The molecule has 0 radical (unpaired) electrons. The first-order chi connectivity index (χ1) is 33.6. The predicted octanol–water partition coefficient (Wildman–Crippen LogP) is 7.64. The molecule has 11 atom stereocenters. The molecule has 5 aliphatic rings. The van der Waals surface area contributed by atoms with Crippen LogP contribution in [0.2, 0.25) is 18.1 Å². The van der Waals surface area contributed by atoms with Gasteiger partial charge in [0.25, 0.3) is 5.91 Å². The van der Waals surface area contributed by atoms with E-state index in [-0.39, 0.29) is 35.3 Å². The van der Waals surface area contributed by atoms with E-state index in [1.54, 1.807) is 94.4 Å². The van der Waals surface area contributed by atoms with Crippen LogP contribution < -0.4 is 0 Å². The SMILES string of the molecule is CC[Si](CC)(CC)O[C@H]1C[C@H]2OC[C@@]2(OC(C)=O)[C@H]2[C@H](OC(=O)c3ccccc3)[C@]3(O)C[C@H](OC(=O)[C@@H]4OC(=O)N(C(=O)c5ccccc5)[C@@H]4c4ccccc4)C(C)=C([C@@H](OC(C)=O)C(=O)[C@]12C)C3(C)C. The van der Waals surface area contributed by atoms with Gasteiger partial charge in [-0.15, -0.1) is 0 Å². The minimum absolute atomic E-state index is 0.0689. The van der Waals surface area contributed by atoms with Crippen molar-refractivity contribution in [2.75, 3.05) is 6.61 Å². The summed E-state index contributed by atoms with van der Waals surface area (Å²) >= 11 is 0. The van der Waals surface area contributed by atoms with E-state index in [4.69, 9.17) is 32.8 Å². The maximum Gasteiger partial charge on any atom is 0.418 e. The van der Waals surface area contributed by atoms with E-state index in [9.17, 15) is 33.9 Å². The average molecular weight is 994 g/mol. The smallest absolute Gasteiger partial charge is 0.418 e. The fraction of sp³-hybridized carbons (Fsp3) is 0.500. The number of cyclic esters (lactones) is 1. The summed E-state index contributed by atoms with van der Waals surface area (Å²) in [6, 6.07) is 25.2. The van der Waals surface area contributed by atoms with Gasteiger partial charge in [-0.25, -0.2) is 19.3 Å². The van der Waals surface area contributed by atoms with Gasteiger partial charge in [-0.1, -0.05) is 101 Å². The van der Waals surface area contributed by atoms with Gasteiger partial charge in [0.05, 0.1) is 29.6 Å². The Morgan fingerprint density at radius 1 is 0.789 bits per heavy atom. The Morgan fingerprint density at radius 2 is 1.37 bits per heavy atom. The first-order valence-corrected chi connectivity index (χ1v) is 26.9. The molecule has 0 spiro atoms. The zero-order valence-electron chi connectivity index (χ0n) is 41.6. The molecule has 3 aromatic carbocycles. The minimum atomic E-state index is -2.65. The zero-order valence-corrected chi connectivity index (χ0v) is 42.6. The van der Waals surface area contributed by atoms with Crippen LogP contribution >= 0.6 is 0 Å². The summed E-state index contributed by atoms with van der Waals surface area (Å²) in [5, 5.41) is 14.2. The highest BCUT2D eigenvalue weighted by Crippen LogP contribution is 2.65. The lowest BCUT2D eigenvalue weighted by atomic mass is 9.44. The van der Waals surface area contributed by atoms with E-state index in [1.165, 1.54) is 31.2 Å². The second-order valence-electron chi connectivity index (χ2n) is 20.2. The fourth-order valence-electron chi connectivity index (χ4n) is 12.2. The summed E-state index contributed by atoms with van der Waals surface area (Å²) in [7, 11) is -2.65. The molecule has 1 N–H and O–H groups in total. The number of ether oxygens (including phenoxy) is 6. The highest BCUT2D eigenvalue weighted by molar-refractivity contribution is 6.73. The molecule has 378 valence electrons. The van der Waals surface area contributed by atoms with Crippen molar-refractivity contribution in [3.63, 3.8) is 0 Å². The number of fused-ring (bicyclic) bond motifs is 5. The van der Waals surface area contributed by atoms with Crippen LogP contribution in [0.25, 0.3) is 0 Å². The van der Waals surface area contributed by atoms with Gasteiger partial charge in [-0.05, 0) is 73.0 Å². The third kappa shape index (κ3) is 8.41. The quantitative estimate of drug-likeness (QED) is 0.0756. The van der Waals surface area contributed by atoms with Crippen LogP contribution in [-0.2, 0) is 52.0 Å². The molecular formula is C54H63NO15Si. The number of rotatable bonds is 13. The van der Waals surface area contributed by atoms with E-state index in [1.807, 2.05) is 20.8 Å². The van der Waals surface area contributed by atoms with Crippen molar-refractivity contribution in [3.05, 3.63) is 119 Å². The molecule has 3 aromatic rings. The van der Waals surface area contributed by atoms with Gasteiger partial charge in [0.15, 0.2) is 25.8 Å². The lowest BCUT2D eigenvalue weighted by molar-refractivity contribution is -0.344. The van der Waals surface area contributed by atoms with Crippen molar-refractivity contribution in [1.29, 1.82) is 0 Å². The van der Waals surface area contributed by atoms with Crippen molar-refractivity contribution in [1.82, 2.24) is 4.90 Å². The van der Waals surface area contributed by atoms with Crippen LogP contribution in [0.4, 0.5) is 4.79 Å². The molecule has 2 bridgehead atoms. The number of amides is 2. The number of hydrogen-bond acceptors (Lipinski definition) is 15. The standard InChI is InChI=1S/C54H63NO15Si/c1-10-71(11-2,12-3)70-38-28-39-53(30-64-39,69-33(6)57)44-46(68-48(60)36-26-20-15-21-27-36)54(63)29-37(31(4)40(51(54,7)8)42(65-32(5)56)45(58)52(38,44)9)66-49(61)43-41(34-22-16-13-17-23-34)55(50(62)67-43)47(59)35-24-18-14-19-25-35/h13-27,37-39,41-44,46,63H,10-12,28-30H2,1-9H3/t37-,38-,39+,41+,42+,43+,44-,46-,52+,53-,54+/m0/s1. The van der Waals surface area contributed by atoms with Crippen LogP contribution in [0.15, 0.2) is 102 Å². The average Bonchev–Trinajstić information content (AvgIpc) is 3.70. The summed E-state index contributed by atoms with van der Waals surface area (Å²) in [6.07, 6.45) is -10.2. The minimum Gasteiger partial charge on any atom is -0.455 e. The Balaban J connectivity index is 1.33. The number of hydrogen-bond donors (Lipinski definition) is 1. The Hall–Kier alpha value is -6.01. The maximum absolute atomic E-state index is 16.4. The van der Waals surface area contributed by atoms with Gasteiger partial charge >= 0.3 is 30.0 Å². The molecule has 17 heteroatoms. The lowest BCUT2D eigenvalue weighted by Crippen LogP contribution is -2.82. The van der Waals surface area contributed by atoms with Crippen molar-refractivity contribution in [3.8, 4) is 0 Å². The van der Waals surface area contributed by atoms with Crippen LogP contribution in [-0.4, -0.2) is 114 Å². The van der Waals surface area contributed by atoms with Crippen molar-refractivity contribution in [2.45, 2.75) is 147 Å². The summed E-state index contributed by atoms with van der Waals surface area (Å²) in [5.41, 5.74) is -6.63. The maximum atomic E-state index is 16.4. The molecule has 71 heavy (non-hydrogen) atoms. The van der Waals surface area contributed by atoms with Gasteiger partial charge in [0, 0.05) is 37.7 Å². The van der Waals surface area contributed by atoms with Crippen LogP contribution in [0.3, 0.4) is 0 Å². The number of benzene rings is 3. The van der Waals surface area contributed by atoms with Crippen LogP contribution in [0, 0.1) is 16.7 Å². The van der Waals surface area contributed by atoms with Gasteiger partial charge in [0.1, 0.15) is 30.0 Å². The number of ketones is 1. The molecule has 2 saturated heterocycles. The van der Waals surface area contributed by atoms with Gasteiger partial charge in [0.2, 0.25) is 6.10 Å². The number of carbonyl (C=O) groups is 7. The summed E-state index contributed by atoms with van der Waals surface area (Å²) in [6.45, 7) is 14.7. The molecule has 2 heterocycles. The van der Waals surface area contributed by atoms with Gasteiger partial charge in [-0.2, -0.15) is 0 Å². The molecule has 3 aliphatic carbocycles. The first kappa shape index (κ1) is 51.3. The molecule has 2 aliphatic heterocycles. The predicted molar refractivity (Wildman–Crippen MR) is 257 cm³/mol. The normalized spacial score (nSPS) is 31.9. The third-order valence-electron chi connectivity index (χ3n) is 16.3. The van der Waals surface area contributed by atoms with E-state index < -0.39 is 127 Å². The highest BCUT2D eigenvalue weighted by Gasteiger charge is 2.79. The van der Waals surface area contributed by atoms with Crippen molar-refractivity contribution in [2.24, 2.45) is 16.7 Å². The van der Waals surface area contributed by atoms with E-state index in [0.717, 1.165) is 11.8 Å². The second-order valence-corrected chi connectivity index (χ2v) is 24.9. The zero-order chi connectivity index (χ0) is 51.4. The Kier molecular flexibility index (Phi) is 13.9. The Morgan fingerprint density at radius 3 is 1.90 bits per heavy atom. The summed E-state index contributed by atoms with van der Waals surface area (Å²) < 4.78 is 44.9. The second kappa shape index (κ2) is 19.2. The monoisotopic (exact) mass is 993 g/mol. The van der Waals surface area contributed by atoms with Crippen LogP contribution in [0.1, 0.15) is 107 Å². The number of nitrogens with zero attached hydrogens (tertiary/aromatic N) is 1.